The van der Waals surface area contributed by atoms with Crippen LogP contribution in [0.4, 0.5) is 0 Å². The second-order valence-electron chi connectivity index (χ2n) is 7.02. The molecule has 2 aromatic carbocycles. The summed E-state index contributed by atoms with van der Waals surface area (Å²) in [6.45, 7) is 5.08. The summed E-state index contributed by atoms with van der Waals surface area (Å²) in [7, 11) is 0. The number of rotatable bonds is 4. The second-order valence-corrected chi connectivity index (χ2v) is 7.46. The number of benzene rings is 2. The van der Waals surface area contributed by atoms with Crippen molar-refractivity contribution in [1.29, 1.82) is 0 Å². The Labute approximate surface area is 166 Å². The minimum absolute atomic E-state index is 0. The van der Waals surface area contributed by atoms with Crippen molar-refractivity contribution in [2.75, 3.05) is 19.6 Å². The molecule has 26 heavy (non-hydrogen) atoms. The number of hydrogen-bond acceptors (Lipinski definition) is 2. The molecule has 4 heteroatoms. The van der Waals surface area contributed by atoms with Crippen molar-refractivity contribution in [3.63, 3.8) is 0 Å². The van der Waals surface area contributed by atoms with E-state index in [0.29, 0.717) is 12.3 Å². The molecule has 1 unspecified atom stereocenters. The fourth-order valence-electron chi connectivity index (χ4n) is 4.21. The SMILES string of the molecule is CC1=C2CCN(CCC(=O)c3ccccc3)CC2c2cc(Cl)ccc21.Cl. The highest BCUT2D eigenvalue weighted by Crippen LogP contribution is 2.46. The fraction of sp³-hybridized carbons (Fsp3) is 0.318. The smallest absolute Gasteiger partial charge is 0.164 e. The number of carbonyl (C=O) groups excluding carboxylic acids is 1. The van der Waals surface area contributed by atoms with Crippen molar-refractivity contribution in [2.45, 2.75) is 25.7 Å². The number of likely N-dealkylation sites (tertiary alicyclic amines) is 1. The number of fused-ring (bicyclic) bond motifs is 3. The maximum atomic E-state index is 12.4. The van der Waals surface area contributed by atoms with Crippen LogP contribution in [-0.4, -0.2) is 30.3 Å². The molecule has 0 amide bonds. The third-order valence-corrected chi connectivity index (χ3v) is 5.82. The lowest BCUT2D eigenvalue weighted by atomic mass is 9.89. The van der Waals surface area contributed by atoms with Crippen LogP contribution in [0.2, 0.25) is 5.02 Å². The molecule has 4 rings (SSSR count). The number of hydrogen-bond donors (Lipinski definition) is 0. The van der Waals surface area contributed by atoms with Gasteiger partial charge in [0.05, 0.1) is 0 Å². The summed E-state index contributed by atoms with van der Waals surface area (Å²) in [4.78, 5) is 14.8. The number of nitrogens with zero attached hydrogens (tertiary/aromatic N) is 1. The second kappa shape index (κ2) is 7.96. The van der Waals surface area contributed by atoms with Gasteiger partial charge in [-0.25, -0.2) is 0 Å². The van der Waals surface area contributed by atoms with Crippen LogP contribution in [0.5, 0.6) is 0 Å². The Bertz CT molecular complexity index is 844. The molecule has 1 atom stereocenters. The molecule has 0 radical (unpaired) electrons. The molecule has 0 bridgehead atoms. The van der Waals surface area contributed by atoms with E-state index in [4.69, 9.17) is 11.6 Å². The van der Waals surface area contributed by atoms with Crippen molar-refractivity contribution in [3.8, 4) is 0 Å². The first kappa shape index (κ1) is 19.2. The Morgan fingerprint density at radius 1 is 1.19 bits per heavy atom. The van der Waals surface area contributed by atoms with E-state index in [1.807, 2.05) is 36.4 Å². The highest BCUT2D eigenvalue weighted by Gasteiger charge is 2.33. The maximum Gasteiger partial charge on any atom is 0.164 e. The molecule has 1 fully saturated rings. The number of Topliss-reactive ketones (excluding diaryl/α,β-unsaturated/α-hetero) is 1. The zero-order valence-electron chi connectivity index (χ0n) is 14.9. The van der Waals surface area contributed by atoms with Gasteiger partial charge in [-0.05, 0) is 42.2 Å². The lowest BCUT2D eigenvalue weighted by molar-refractivity contribution is 0.0960. The molecule has 1 aliphatic heterocycles. The molecule has 0 spiro atoms. The third kappa shape index (κ3) is 3.59. The van der Waals surface area contributed by atoms with E-state index in [0.717, 1.165) is 36.6 Å². The first-order chi connectivity index (χ1) is 12.1. The lowest BCUT2D eigenvalue weighted by Crippen LogP contribution is -2.36. The Hall–Kier alpha value is -1.61. The van der Waals surface area contributed by atoms with Crippen LogP contribution in [0.25, 0.3) is 5.57 Å². The summed E-state index contributed by atoms with van der Waals surface area (Å²) in [6, 6.07) is 15.9. The molecule has 136 valence electrons. The lowest BCUT2D eigenvalue weighted by Gasteiger charge is -2.33. The molecule has 1 saturated heterocycles. The van der Waals surface area contributed by atoms with Crippen molar-refractivity contribution in [2.24, 2.45) is 0 Å². The normalized spacial score (nSPS) is 18.9. The Balaban J connectivity index is 0.00000196. The highest BCUT2D eigenvalue weighted by molar-refractivity contribution is 6.30. The first-order valence-electron chi connectivity index (χ1n) is 8.93. The van der Waals surface area contributed by atoms with Gasteiger partial charge in [0, 0.05) is 42.6 Å². The van der Waals surface area contributed by atoms with E-state index in [2.05, 4.69) is 24.0 Å². The summed E-state index contributed by atoms with van der Waals surface area (Å²) < 4.78 is 0. The van der Waals surface area contributed by atoms with Crippen molar-refractivity contribution in [1.82, 2.24) is 4.90 Å². The summed E-state index contributed by atoms with van der Waals surface area (Å²) in [6.07, 6.45) is 1.67. The highest BCUT2D eigenvalue weighted by atomic mass is 35.5. The van der Waals surface area contributed by atoms with Crippen LogP contribution < -0.4 is 0 Å². The van der Waals surface area contributed by atoms with Crippen LogP contribution >= 0.6 is 24.0 Å². The summed E-state index contributed by atoms with van der Waals surface area (Å²) in [5, 5.41) is 0.809. The van der Waals surface area contributed by atoms with E-state index in [1.54, 1.807) is 5.57 Å². The van der Waals surface area contributed by atoms with Gasteiger partial charge in [0.1, 0.15) is 0 Å². The summed E-state index contributed by atoms with van der Waals surface area (Å²) >= 11 is 6.23. The molecule has 0 aromatic heterocycles. The van der Waals surface area contributed by atoms with Crippen molar-refractivity contribution >= 4 is 35.4 Å². The Morgan fingerprint density at radius 3 is 2.73 bits per heavy atom. The number of ketones is 1. The minimum Gasteiger partial charge on any atom is -0.302 e. The molecule has 0 N–H and O–H groups in total. The van der Waals surface area contributed by atoms with Gasteiger partial charge in [-0.1, -0.05) is 53.6 Å². The van der Waals surface area contributed by atoms with Gasteiger partial charge < -0.3 is 4.90 Å². The van der Waals surface area contributed by atoms with E-state index >= 15 is 0 Å². The van der Waals surface area contributed by atoms with Gasteiger partial charge in [0.2, 0.25) is 0 Å². The number of piperidine rings is 1. The quantitative estimate of drug-likeness (QED) is 0.635. The largest absolute Gasteiger partial charge is 0.302 e. The minimum atomic E-state index is 0. The summed E-state index contributed by atoms with van der Waals surface area (Å²) in [5.74, 6) is 0.669. The number of allylic oxidation sites excluding steroid dienone is 1. The van der Waals surface area contributed by atoms with Crippen LogP contribution in [-0.2, 0) is 0 Å². The monoisotopic (exact) mass is 387 g/mol. The van der Waals surface area contributed by atoms with Gasteiger partial charge in [0.25, 0.3) is 0 Å². The van der Waals surface area contributed by atoms with Crippen LogP contribution in [0.1, 0.15) is 47.2 Å². The molecular weight excluding hydrogens is 365 g/mol. The van der Waals surface area contributed by atoms with Crippen molar-refractivity contribution < 1.29 is 4.79 Å². The van der Waals surface area contributed by atoms with Gasteiger partial charge >= 0.3 is 0 Å². The molecule has 2 aliphatic rings. The zero-order valence-corrected chi connectivity index (χ0v) is 16.4. The van der Waals surface area contributed by atoms with E-state index in [1.165, 1.54) is 16.7 Å². The fourth-order valence-corrected chi connectivity index (χ4v) is 4.40. The van der Waals surface area contributed by atoms with Crippen LogP contribution in [0.3, 0.4) is 0 Å². The van der Waals surface area contributed by atoms with E-state index in [-0.39, 0.29) is 18.2 Å². The van der Waals surface area contributed by atoms with Gasteiger partial charge in [-0.3, -0.25) is 4.79 Å². The predicted molar refractivity (Wildman–Crippen MR) is 110 cm³/mol. The third-order valence-electron chi connectivity index (χ3n) is 5.58. The molecule has 1 heterocycles. The average Bonchev–Trinajstić information content (AvgIpc) is 2.92. The van der Waals surface area contributed by atoms with Crippen LogP contribution in [0.15, 0.2) is 54.1 Å². The molecule has 1 aliphatic carbocycles. The number of halogens is 2. The predicted octanol–water partition coefficient (Wildman–Crippen LogP) is 5.61. The number of carbonyl (C=O) groups is 1. The molecule has 2 aromatic rings. The standard InChI is InChI=1S/C22H22ClNO.ClH/c1-15-18-8-7-17(23)13-20(18)21-14-24(11-9-19(15)21)12-10-22(25)16-5-3-2-4-6-16;/h2-8,13,21H,9-12,14H2,1H3;1H. The van der Waals surface area contributed by atoms with E-state index < -0.39 is 0 Å². The first-order valence-corrected chi connectivity index (χ1v) is 9.31. The molecular formula is C22H23Cl2NO. The van der Waals surface area contributed by atoms with Crippen molar-refractivity contribution in [3.05, 3.63) is 75.8 Å². The van der Waals surface area contributed by atoms with Gasteiger partial charge in [-0.15, -0.1) is 12.4 Å². The molecule has 0 saturated carbocycles. The summed E-state index contributed by atoms with van der Waals surface area (Å²) in [5.41, 5.74) is 6.51. The van der Waals surface area contributed by atoms with Gasteiger partial charge in [0.15, 0.2) is 5.78 Å². The van der Waals surface area contributed by atoms with Crippen LogP contribution in [0, 0.1) is 0 Å². The maximum absolute atomic E-state index is 12.4. The average molecular weight is 388 g/mol. The topological polar surface area (TPSA) is 20.3 Å². The zero-order chi connectivity index (χ0) is 17.4. The molecule has 2 nitrogen and oxygen atoms in total. The Morgan fingerprint density at radius 2 is 1.96 bits per heavy atom. The van der Waals surface area contributed by atoms with Gasteiger partial charge in [-0.2, -0.15) is 0 Å². The Kier molecular flexibility index (Phi) is 5.86. The van der Waals surface area contributed by atoms with E-state index in [9.17, 15) is 4.79 Å².